The number of phosphoric acid groups is 3. The Morgan fingerprint density at radius 3 is 0.500 bits per heavy atom. The van der Waals surface area contributed by atoms with E-state index in [1.807, 2.05) is 0 Å². The Morgan fingerprint density at radius 1 is 0.458 bits per heavy atom. The van der Waals surface area contributed by atoms with E-state index < -0.39 is 23.5 Å². The molecule has 0 aromatic carbocycles. The fourth-order valence-electron chi connectivity index (χ4n) is 0. The molecule has 0 aromatic rings. The van der Waals surface area contributed by atoms with E-state index in [0.29, 0.717) is 0 Å². The van der Waals surface area contributed by atoms with Crippen LogP contribution in [0.1, 0.15) is 0 Å². The van der Waals surface area contributed by atoms with Crippen molar-refractivity contribution < 1.29 is 78.3 Å². The third kappa shape index (κ3) is 89.8. The first-order chi connectivity index (χ1) is 7.68. The molecule has 0 atom stereocenters. The first-order valence-corrected chi connectivity index (χ1v) is 7.07. The van der Waals surface area contributed by atoms with Gasteiger partial charge < -0.3 is 78.3 Å². The standard InChI is InChI=1S/5Ca.3H3O5P.H2O/c;;;;;3*1-5-6(2,3)4;/h;;;;;3*1H,(H2,2,3,4);1H2/q5*+2;;;;/p-10. The van der Waals surface area contributed by atoms with E-state index in [1.54, 1.807) is 0 Å². The molecule has 0 fully saturated rings. The SMILES string of the molecule is O=P([O-])([O-])O[O-].O=P([O-])([O-])O[O-].O=P([O-])([O-])O[O-].[Ca+2].[Ca+2].[Ca+2].[Ca+2].[Ca+2].[OH-]. The number of rotatable bonds is 3. The van der Waals surface area contributed by atoms with E-state index in [9.17, 15) is 0 Å². The van der Waals surface area contributed by atoms with Gasteiger partial charge >= 0.3 is 189 Å². The second kappa shape index (κ2) is 31.7. The van der Waals surface area contributed by atoms with Gasteiger partial charge in [0.2, 0.25) is 0 Å². The van der Waals surface area contributed by atoms with Crippen LogP contribution in [-0.4, -0.2) is 194 Å². The summed E-state index contributed by atoms with van der Waals surface area (Å²) in [6.45, 7) is 0. The Hall–Kier alpha value is 6.47. The second-order valence-electron chi connectivity index (χ2n) is 1.57. The molecule has 0 aromatic heterocycles. The van der Waals surface area contributed by atoms with Crippen LogP contribution >= 0.6 is 23.5 Å². The van der Waals surface area contributed by atoms with E-state index in [4.69, 9.17) is 58.8 Å². The van der Waals surface area contributed by atoms with Gasteiger partial charge in [0.25, 0.3) is 0 Å². The molecule has 0 unspecified atom stereocenters. The maximum atomic E-state index is 8.94. The third-order valence-corrected chi connectivity index (χ3v) is 0.822. The summed E-state index contributed by atoms with van der Waals surface area (Å²) in [7, 11) is -15.6. The fraction of sp³-hybridized carbons (Fsp3) is 0. The molecule has 24 heavy (non-hydrogen) atoms. The largest absolute Gasteiger partial charge is 2.00 e. The molecule has 24 heteroatoms. The molecule has 0 rings (SSSR count). The molecule has 0 saturated heterocycles. The Labute approximate surface area is 283 Å². The van der Waals surface area contributed by atoms with Crippen LogP contribution in [-0.2, 0) is 27.7 Å². The van der Waals surface area contributed by atoms with Gasteiger partial charge in [-0.25, -0.2) is 0 Å². The molecule has 122 valence electrons. The monoisotopic (exact) mass is 550 g/mol. The summed E-state index contributed by atoms with van der Waals surface area (Å²) in [6, 6.07) is 0. The predicted octanol–water partition coefficient (Wildman–Crippen LogP) is -10.8. The van der Waals surface area contributed by atoms with Gasteiger partial charge in [-0.3, -0.25) is 0 Å². The molecule has 0 spiro atoms. The van der Waals surface area contributed by atoms with Gasteiger partial charge in [-0.05, 0) is 0 Å². The Balaban J connectivity index is -0.0000000179. The summed E-state index contributed by atoms with van der Waals surface area (Å²) in [4.78, 5) is 53.6. The molecule has 0 saturated carbocycles. The van der Waals surface area contributed by atoms with Crippen LogP contribution < -0.4 is 45.1 Å². The van der Waals surface area contributed by atoms with Crippen molar-refractivity contribution in [3.63, 3.8) is 0 Å². The first-order valence-electron chi connectivity index (χ1n) is 2.69. The van der Waals surface area contributed by atoms with E-state index >= 15 is 0 Å². The molecule has 0 aliphatic carbocycles. The zero-order chi connectivity index (χ0) is 15.6. The number of hydrogen-bond acceptors (Lipinski definition) is 16. The fourth-order valence-corrected chi connectivity index (χ4v) is 0. The molecule has 0 aliphatic rings. The minimum Gasteiger partial charge on any atom is -0.870 e. The van der Waals surface area contributed by atoms with E-state index in [-0.39, 0.29) is 194 Å². The Morgan fingerprint density at radius 2 is 0.500 bits per heavy atom. The first kappa shape index (κ1) is 57.4. The minimum atomic E-state index is -5.20. The van der Waals surface area contributed by atoms with Crippen LogP contribution in [0, 0.1) is 0 Å². The molecular formula is HCa5O16P3. The van der Waals surface area contributed by atoms with Crippen molar-refractivity contribution in [2.24, 2.45) is 0 Å². The molecular weight excluding hydrogens is 549 g/mol. The molecule has 0 amide bonds. The topological polar surface area (TPSA) is 316 Å². The Kier molecular flexibility index (Phi) is 75.7. The summed E-state index contributed by atoms with van der Waals surface area (Å²) in [6.07, 6.45) is 0. The van der Waals surface area contributed by atoms with Gasteiger partial charge in [-0.1, -0.05) is 0 Å². The van der Waals surface area contributed by atoms with Gasteiger partial charge in [0, 0.05) is 23.5 Å². The summed E-state index contributed by atoms with van der Waals surface area (Å²) < 4.78 is 33.2. The van der Waals surface area contributed by atoms with Crippen molar-refractivity contribution in [3.8, 4) is 0 Å². The summed E-state index contributed by atoms with van der Waals surface area (Å²) in [5.74, 6) is 0. The van der Waals surface area contributed by atoms with Crippen molar-refractivity contribution in [1.29, 1.82) is 0 Å². The van der Waals surface area contributed by atoms with E-state index in [2.05, 4.69) is 14.0 Å². The molecule has 0 heterocycles. The average Bonchev–Trinajstić information content (AvgIpc) is 2.16. The zero-order valence-corrected chi connectivity index (χ0v) is 25.2. The van der Waals surface area contributed by atoms with Gasteiger partial charge in [-0.2, -0.15) is 0 Å². The zero-order valence-electron chi connectivity index (χ0n) is 11.4. The number of hydrogen-bond donors (Lipinski definition) is 0. The molecule has 0 aliphatic heterocycles. The van der Waals surface area contributed by atoms with E-state index in [0.717, 1.165) is 0 Å². The van der Waals surface area contributed by atoms with Gasteiger partial charge in [0.15, 0.2) is 0 Å². The third-order valence-electron chi connectivity index (χ3n) is 0.274. The van der Waals surface area contributed by atoms with Gasteiger partial charge in [0.1, 0.15) is 0 Å². The predicted molar refractivity (Wildman–Crippen MR) is 56.8 cm³/mol. The van der Waals surface area contributed by atoms with Crippen LogP contribution in [0.2, 0.25) is 0 Å². The van der Waals surface area contributed by atoms with Crippen molar-refractivity contribution in [2.75, 3.05) is 0 Å². The quantitative estimate of drug-likeness (QED) is 0.136. The van der Waals surface area contributed by atoms with Gasteiger partial charge in [-0.15, -0.1) is 0 Å². The maximum absolute atomic E-state index is 8.94. The second-order valence-corrected chi connectivity index (χ2v) is 4.70. The van der Waals surface area contributed by atoms with Crippen LogP contribution in [0.25, 0.3) is 0 Å². The minimum absolute atomic E-state index is 0. The molecule has 16 nitrogen and oxygen atoms in total. The van der Waals surface area contributed by atoms with E-state index in [1.165, 1.54) is 0 Å². The summed E-state index contributed by atoms with van der Waals surface area (Å²) in [5, 5.41) is 25.7. The average molecular weight is 550 g/mol. The van der Waals surface area contributed by atoms with Crippen molar-refractivity contribution in [2.45, 2.75) is 0 Å². The van der Waals surface area contributed by atoms with Crippen molar-refractivity contribution in [1.82, 2.24) is 0 Å². The van der Waals surface area contributed by atoms with Crippen LogP contribution in [0.3, 0.4) is 0 Å². The maximum Gasteiger partial charge on any atom is 2.00 e. The van der Waals surface area contributed by atoms with Crippen molar-refractivity contribution >= 4 is 212 Å². The smallest absolute Gasteiger partial charge is 0.870 e. The summed E-state index contributed by atoms with van der Waals surface area (Å²) in [5.41, 5.74) is 0. The normalized spacial score (nSPS) is 8.88. The Bertz CT molecular complexity index is 274. The molecule has 0 radical (unpaired) electrons. The summed E-state index contributed by atoms with van der Waals surface area (Å²) >= 11 is 0. The van der Waals surface area contributed by atoms with Crippen LogP contribution in [0.15, 0.2) is 0 Å². The molecule has 0 bridgehead atoms. The van der Waals surface area contributed by atoms with Crippen molar-refractivity contribution in [3.05, 3.63) is 0 Å². The molecule has 1 N–H and O–H groups in total. The van der Waals surface area contributed by atoms with Gasteiger partial charge in [0.05, 0.1) is 0 Å². The van der Waals surface area contributed by atoms with Crippen LogP contribution in [0.4, 0.5) is 0 Å². The van der Waals surface area contributed by atoms with Crippen LogP contribution in [0.5, 0.6) is 0 Å².